The average molecular weight is 349 g/mol. The smallest absolute Gasteiger partial charge is 0.329 e. The number of carbonyl (C=O) groups is 2. The molecule has 1 amide bonds. The van der Waals surface area contributed by atoms with Crippen LogP contribution in [0.3, 0.4) is 0 Å². The van der Waals surface area contributed by atoms with E-state index in [2.05, 4.69) is 10.3 Å². The third kappa shape index (κ3) is 3.90. The molecule has 24 heavy (non-hydrogen) atoms. The molecule has 0 radical (unpaired) electrons. The quantitative estimate of drug-likeness (QED) is 0.765. The zero-order valence-electron chi connectivity index (χ0n) is 14.2. The van der Waals surface area contributed by atoms with E-state index in [4.69, 9.17) is 0 Å². The molecule has 1 unspecified atom stereocenters. The number of thioether (sulfide) groups is 1. The molecule has 0 spiro atoms. The number of fused-ring (bicyclic) bond motifs is 1. The lowest BCUT2D eigenvalue weighted by molar-refractivity contribution is -0.147. The minimum atomic E-state index is -1.25. The molecule has 2 rings (SSSR count). The van der Waals surface area contributed by atoms with Crippen LogP contribution in [0.1, 0.15) is 32.5 Å². The molecule has 0 bridgehead atoms. The predicted octanol–water partition coefficient (Wildman–Crippen LogP) is 2.66. The molecular weight excluding hydrogens is 326 g/mol. The number of amides is 1. The Balaban J connectivity index is 2.26. The van der Waals surface area contributed by atoms with Gasteiger partial charge in [-0.2, -0.15) is 11.8 Å². The van der Waals surface area contributed by atoms with Crippen molar-refractivity contribution in [1.29, 1.82) is 0 Å². The summed E-state index contributed by atoms with van der Waals surface area (Å²) >= 11 is 1.63. The summed E-state index contributed by atoms with van der Waals surface area (Å²) in [6.45, 7) is 3.50. The largest absolute Gasteiger partial charge is 0.480 e. The summed E-state index contributed by atoms with van der Waals surface area (Å²) in [6.07, 6.45) is 3.04. The monoisotopic (exact) mass is 349 g/mol. The number of nitrogens with zero attached hydrogens (tertiary/aromatic N) is 2. The maximum absolute atomic E-state index is 12.5. The minimum Gasteiger partial charge on any atom is -0.480 e. The third-order valence-corrected chi connectivity index (χ3v) is 4.49. The summed E-state index contributed by atoms with van der Waals surface area (Å²) in [6, 6.07) is 7.64. The summed E-state index contributed by atoms with van der Waals surface area (Å²) in [5.74, 6) is 0.162. The van der Waals surface area contributed by atoms with Gasteiger partial charge in [-0.15, -0.1) is 0 Å². The van der Waals surface area contributed by atoms with Crippen LogP contribution in [0.15, 0.2) is 24.3 Å². The van der Waals surface area contributed by atoms with E-state index in [0.717, 1.165) is 16.9 Å². The normalized spacial score (nSPS) is 13.6. The first-order valence-corrected chi connectivity index (χ1v) is 9.28. The standard InChI is InChI=1S/C17H23N3O3S/c1-4-9-17(2,16(22)23)19-15(21)10-20-13-8-6-5-7-12(13)18-14(20)11-24-3/h5-8H,4,9-11H2,1-3H3,(H,19,21)(H,22,23). The number of imidazole rings is 1. The summed E-state index contributed by atoms with van der Waals surface area (Å²) in [4.78, 5) is 28.5. The van der Waals surface area contributed by atoms with Crippen molar-refractivity contribution >= 4 is 34.7 Å². The number of nitrogens with one attached hydrogen (secondary N) is 1. The number of hydrogen-bond acceptors (Lipinski definition) is 4. The first-order chi connectivity index (χ1) is 11.4. The lowest BCUT2D eigenvalue weighted by Gasteiger charge is -2.26. The molecule has 0 aliphatic rings. The van der Waals surface area contributed by atoms with Crippen molar-refractivity contribution in [2.45, 2.75) is 44.5 Å². The Morgan fingerprint density at radius 1 is 1.38 bits per heavy atom. The van der Waals surface area contributed by atoms with Crippen LogP contribution in [0.5, 0.6) is 0 Å². The molecule has 0 aliphatic carbocycles. The Kier molecular flexibility index (Phi) is 5.88. The van der Waals surface area contributed by atoms with Gasteiger partial charge >= 0.3 is 5.97 Å². The number of para-hydroxylation sites is 2. The fraction of sp³-hybridized carbons (Fsp3) is 0.471. The molecule has 0 fully saturated rings. The summed E-state index contributed by atoms with van der Waals surface area (Å²) in [5.41, 5.74) is 0.468. The van der Waals surface area contributed by atoms with Crippen molar-refractivity contribution < 1.29 is 14.7 Å². The van der Waals surface area contributed by atoms with Crippen LogP contribution in [-0.4, -0.2) is 38.3 Å². The number of carbonyl (C=O) groups excluding carboxylic acids is 1. The highest BCUT2D eigenvalue weighted by Gasteiger charge is 2.33. The summed E-state index contributed by atoms with van der Waals surface area (Å²) in [7, 11) is 0. The first kappa shape index (κ1) is 18.3. The number of carboxylic acid groups (broad SMARTS) is 1. The van der Waals surface area contributed by atoms with Gasteiger partial charge < -0.3 is 15.0 Å². The number of aliphatic carboxylic acids is 1. The van der Waals surface area contributed by atoms with Crippen LogP contribution < -0.4 is 5.32 Å². The van der Waals surface area contributed by atoms with Gasteiger partial charge in [0.2, 0.25) is 5.91 Å². The SMILES string of the molecule is CCCC(C)(NC(=O)Cn1c(CSC)nc2ccccc21)C(=O)O. The second kappa shape index (κ2) is 7.70. The van der Waals surface area contributed by atoms with Crippen LogP contribution >= 0.6 is 11.8 Å². The molecule has 0 saturated heterocycles. The van der Waals surface area contributed by atoms with Gasteiger partial charge in [0.1, 0.15) is 17.9 Å². The van der Waals surface area contributed by atoms with Gasteiger partial charge in [0.05, 0.1) is 16.8 Å². The Bertz CT molecular complexity index is 744. The summed E-state index contributed by atoms with van der Waals surface area (Å²) in [5, 5.41) is 12.1. The zero-order chi connectivity index (χ0) is 17.7. The van der Waals surface area contributed by atoms with E-state index in [1.165, 1.54) is 0 Å². The van der Waals surface area contributed by atoms with E-state index < -0.39 is 11.5 Å². The molecular formula is C17H23N3O3S. The molecule has 2 aromatic rings. The van der Waals surface area contributed by atoms with Crippen molar-refractivity contribution in [2.24, 2.45) is 0 Å². The van der Waals surface area contributed by atoms with Gasteiger partial charge in [0.15, 0.2) is 0 Å². The van der Waals surface area contributed by atoms with Gasteiger partial charge in [0, 0.05) is 0 Å². The number of carboxylic acids is 1. The molecule has 0 aliphatic heterocycles. The second-order valence-electron chi connectivity index (χ2n) is 5.97. The van der Waals surface area contributed by atoms with Gasteiger partial charge in [-0.1, -0.05) is 25.5 Å². The molecule has 6 nitrogen and oxygen atoms in total. The van der Waals surface area contributed by atoms with Crippen molar-refractivity contribution in [3.8, 4) is 0 Å². The average Bonchev–Trinajstić information content (AvgIpc) is 2.85. The summed E-state index contributed by atoms with van der Waals surface area (Å²) < 4.78 is 1.86. The highest BCUT2D eigenvalue weighted by atomic mass is 32.2. The van der Waals surface area contributed by atoms with Crippen LogP contribution in [0.4, 0.5) is 0 Å². The van der Waals surface area contributed by atoms with E-state index in [9.17, 15) is 14.7 Å². The molecule has 1 atom stereocenters. The molecule has 130 valence electrons. The van der Waals surface area contributed by atoms with E-state index in [1.807, 2.05) is 42.0 Å². The molecule has 1 aromatic heterocycles. The third-order valence-electron chi connectivity index (χ3n) is 3.95. The first-order valence-electron chi connectivity index (χ1n) is 7.88. The van der Waals surface area contributed by atoms with Crippen LogP contribution in [0, 0.1) is 0 Å². The fourth-order valence-corrected chi connectivity index (χ4v) is 3.23. The number of benzene rings is 1. The fourth-order valence-electron chi connectivity index (χ4n) is 2.75. The van der Waals surface area contributed by atoms with Crippen molar-refractivity contribution in [3.05, 3.63) is 30.1 Å². The van der Waals surface area contributed by atoms with E-state index in [-0.39, 0.29) is 12.5 Å². The lowest BCUT2D eigenvalue weighted by Crippen LogP contribution is -2.53. The highest BCUT2D eigenvalue weighted by Crippen LogP contribution is 2.19. The van der Waals surface area contributed by atoms with Gasteiger partial charge in [0.25, 0.3) is 0 Å². The lowest BCUT2D eigenvalue weighted by atomic mass is 9.96. The Hall–Kier alpha value is -2.02. The number of rotatable bonds is 8. The molecule has 1 heterocycles. The van der Waals surface area contributed by atoms with E-state index >= 15 is 0 Å². The topological polar surface area (TPSA) is 84.2 Å². The molecule has 7 heteroatoms. The second-order valence-corrected chi connectivity index (χ2v) is 6.84. The molecule has 1 aromatic carbocycles. The Morgan fingerprint density at radius 3 is 2.71 bits per heavy atom. The Labute approximate surface area is 145 Å². The van der Waals surface area contributed by atoms with Gasteiger partial charge in [-0.3, -0.25) is 4.79 Å². The van der Waals surface area contributed by atoms with Crippen LogP contribution in [0.2, 0.25) is 0 Å². The molecule has 2 N–H and O–H groups in total. The number of aromatic nitrogens is 2. The maximum atomic E-state index is 12.5. The van der Waals surface area contributed by atoms with Crippen molar-refractivity contribution in [1.82, 2.24) is 14.9 Å². The van der Waals surface area contributed by atoms with E-state index in [0.29, 0.717) is 18.6 Å². The Morgan fingerprint density at radius 2 is 2.08 bits per heavy atom. The molecule has 0 saturated carbocycles. The van der Waals surface area contributed by atoms with Crippen molar-refractivity contribution in [2.75, 3.05) is 6.26 Å². The van der Waals surface area contributed by atoms with Crippen LogP contribution in [-0.2, 0) is 21.9 Å². The van der Waals surface area contributed by atoms with Crippen molar-refractivity contribution in [3.63, 3.8) is 0 Å². The number of hydrogen-bond donors (Lipinski definition) is 2. The maximum Gasteiger partial charge on any atom is 0.329 e. The van der Waals surface area contributed by atoms with Crippen LogP contribution in [0.25, 0.3) is 11.0 Å². The predicted molar refractivity (Wildman–Crippen MR) is 96.0 cm³/mol. The van der Waals surface area contributed by atoms with Gasteiger partial charge in [-0.25, -0.2) is 9.78 Å². The van der Waals surface area contributed by atoms with Gasteiger partial charge in [-0.05, 0) is 31.7 Å². The van der Waals surface area contributed by atoms with E-state index in [1.54, 1.807) is 18.7 Å². The zero-order valence-corrected chi connectivity index (χ0v) is 15.0. The minimum absolute atomic E-state index is 0.0585. The highest BCUT2D eigenvalue weighted by molar-refractivity contribution is 7.97.